The number of nitrogens with one attached hydrogen (secondary N) is 1. The third-order valence-corrected chi connectivity index (χ3v) is 3.97. The Morgan fingerprint density at radius 3 is 2.41 bits per heavy atom. The Balaban J connectivity index is 1.77. The van der Waals surface area contributed by atoms with Crippen molar-refractivity contribution in [1.29, 1.82) is 0 Å². The summed E-state index contributed by atoms with van der Waals surface area (Å²) >= 11 is 0. The molecule has 1 aromatic heterocycles. The number of carbonyl (C=O) groups is 1. The van der Waals surface area contributed by atoms with E-state index in [1.165, 1.54) is 44.9 Å². The number of hydrogen-bond donors (Lipinski definition) is 1. The highest BCUT2D eigenvalue weighted by atomic mass is 16.2. The van der Waals surface area contributed by atoms with Crippen molar-refractivity contribution in [2.75, 3.05) is 0 Å². The Labute approximate surface area is 102 Å². The molecule has 0 aliphatic heterocycles. The van der Waals surface area contributed by atoms with Crippen molar-refractivity contribution < 1.29 is 4.79 Å². The Hall–Kier alpha value is -1.25. The fourth-order valence-corrected chi connectivity index (χ4v) is 2.94. The lowest BCUT2D eigenvalue weighted by molar-refractivity contribution is 0.0608. The van der Waals surface area contributed by atoms with Gasteiger partial charge in [-0.25, -0.2) is 0 Å². The number of amides is 1. The highest BCUT2D eigenvalue weighted by Crippen LogP contribution is 2.34. The van der Waals surface area contributed by atoms with E-state index in [9.17, 15) is 4.79 Å². The number of H-pyrrole nitrogens is 1. The lowest BCUT2D eigenvalue weighted by Gasteiger charge is -2.34. The molecule has 3 rings (SSSR count). The van der Waals surface area contributed by atoms with E-state index in [1.807, 2.05) is 18.3 Å². The fraction of sp³-hybridized carbons (Fsp3) is 0.643. The minimum atomic E-state index is 0.212. The van der Waals surface area contributed by atoms with Gasteiger partial charge in [-0.15, -0.1) is 0 Å². The SMILES string of the molecule is O=C(c1ccc[nH]1)N(C1CCCCC1)C1CC1. The van der Waals surface area contributed by atoms with E-state index < -0.39 is 0 Å². The Morgan fingerprint density at radius 1 is 1.12 bits per heavy atom. The van der Waals surface area contributed by atoms with Crippen LogP contribution < -0.4 is 0 Å². The quantitative estimate of drug-likeness (QED) is 0.854. The van der Waals surface area contributed by atoms with Crippen molar-refractivity contribution in [3.63, 3.8) is 0 Å². The van der Waals surface area contributed by atoms with Gasteiger partial charge in [-0.05, 0) is 37.8 Å². The van der Waals surface area contributed by atoms with Crippen molar-refractivity contribution in [2.24, 2.45) is 0 Å². The van der Waals surface area contributed by atoms with Crippen molar-refractivity contribution in [2.45, 2.75) is 57.0 Å². The molecule has 1 heterocycles. The van der Waals surface area contributed by atoms with E-state index in [1.54, 1.807) is 0 Å². The van der Waals surface area contributed by atoms with Gasteiger partial charge < -0.3 is 9.88 Å². The van der Waals surface area contributed by atoms with Crippen LogP contribution >= 0.6 is 0 Å². The summed E-state index contributed by atoms with van der Waals surface area (Å²) in [6, 6.07) is 4.81. The summed E-state index contributed by atoms with van der Waals surface area (Å²) in [5, 5.41) is 0. The summed E-state index contributed by atoms with van der Waals surface area (Å²) in [6.45, 7) is 0. The molecule has 1 aromatic rings. The first-order chi connectivity index (χ1) is 8.36. The average Bonchev–Trinajstić information content (AvgIpc) is 3.04. The Kier molecular flexibility index (Phi) is 2.91. The minimum absolute atomic E-state index is 0.212. The van der Waals surface area contributed by atoms with Gasteiger partial charge in [-0.1, -0.05) is 19.3 Å². The van der Waals surface area contributed by atoms with E-state index in [0.29, 0.717) is 12.1 Å². The summed E-state index contributed by atoms with van der Waals surface area (Å²) in [6.07, 6.45) is 10.5. The molecule has 0 bridgehead atoms. The molecule has 2 fully saturated rings. The third-order valence-electron chi connectivity index (χ3n) is 3.97. The monoisotopic (exact) mass is 232 g/mol. The summed E-state index contributed by atoms with van der Waals surface area (Å²) in [5.74, 6) is 0.212. The highest BCUT2D eigenvalue weighted by molar-refractivity contribution is 5.93. The minimum Gasteiger partial charge on any atom is -0.357 e. The second kappa shape index (κ2) is 4.55. The lowest BCUT2D eigenvalue weighted by Crippen LogP contribution is -2.43. The molecular weight excluding hydrogens is 212 g/mol. The second-order valence-corrected chi connectivity index (χ2v) is 5.32. The molecule has 3 nitrogen and oxygen atoms in total. The van der Waals surface area contributed by atoms with Gasteiger partial charge in [-0.3, -0.25) is 4.79 Å². The zero-order valence-corrected chi connectivity index (χ0v) is 10.2. The predicted molar refractivity (Wildman–Crippen MR) is 66.9 cm³/mol. The number of aromatic nitrogens is 1. The first-order valence-corrected chi connectivity index (χ1v) is 6.82. The molecule has 2 aliphatic carbocycles. The maximum absolute atomic E-state index is 12.5. The first-order valence-electron chi connectivity index (χ1n) is 6.82. The molecule has 2 aliphatic rings. The van der Waals surface area contributed by atoms with Crippen LogP contribution in [0.15, 0.2) is 18.3 Å². The maximum Gasteiger partial charge on any atom is 0.270 e. The number of hydrogen-bond acceptors (Lipinski definition) is 1. The van der Waals surface area contributed by atoms with Gasteiger partial charge in [0.05, 0.1) is 0 Å². The summed E-state index contributed by atoms with van der Waals surface area (Å²) in [5.41, 5.74) is 0.752. The average molecular weight is 232 g/mol. The summed E-state index contributed by atoms with van der Waals surface area (Å²) < 4.78 is 0. The van der Waals surface area contributed by atoms with Crippen LogP contribution in [0.1, 0.15) is 55.4 Å². The lowest BCUT2D eigenvalue weighted by atomic mass is 9.94. The maximum atomic E-state index is 12.5. The molecule has 0 spiro atoms. The molecule has 3 heteroatoms. The van der Waals surface area contributed by atoms with Crippen LogP contribution in [0.3, 0.4) is 0 Å². The predicted octanol–water partition coefficient (Wildman–Crippen LogP) is 2.95. The number of aromatic amines is 1. The third kappa shape index (κ3) is 2.24. The number of nitrogens with zero attached hydrogens (tertiary/aromatic N) is 1. The smallest absolute Gasteiger partial charge is 0.270 e. The Bertz CT molecular complexity index is 375. The van der Waals surface area contributed by atoms with Crippen molar-refractivity contribution >= 4 is 5.91 Å². The van der Waals surface area contributed by atoms with E-state index >= 15 is 0 Å². The Morgan fingerprint density at radius 2 is 1.82 bits per heavy atom. The van der Waals surface area contributed by atoms with Crippen molar-refractivity contribution in [3.05, 3.63) is 24.0 Å². The van der Waals surface area contributed by atoms with Gasteiger partial charge in [0.1, 0.15) is 5.69 Å². The molecule has 0 atom stereocenters. The number of carbonyl (C=O) groups excluding carboxylic acids is 1. The molecule has 1 amide bonds. The van der Waals surface area contributed by atoms with Crippen molar-refractivity contribution in [1.82, 2.24) is 9.88 Å². The largest absolute Gasteiger partial charge is 0.357 e. The zero-order chi connectivity index (χ0) is 11.7. The van der Waals surface area contributed by atoms with Crippen molar-refractivity contribution in [3.8, 4) is 0 Å². The van der Waals surface area contributed by atoms with Crippen LogP contribution in [0.2, 0.25) is 0 Å². The zero-order valence-electron chi connectivity index (χ0n) is 10.2. The molecule has 2 saturated carbocycles. The molecule has 0 saturated heterocycles. The van der Waals surface area contributed by atoms with Crippen LogP contribution in [-0.4, -0.2) is 27.9 Å². The first kappa shape index (κ1) is 10.9. The van der Waals surface area contributed by atoms with E-state index in [-0.39, 0.29) is 5.91 Å². The van der Waals surface area contributed by atoms with Gasteiger partial charge in [0, 0.05) is 18.3 Å². The van der Waals surface area contributed by atoms with E-state index in [0.717, 1.165) is 5.69 Å². The molecular formula is C14H20N2O. The summed E-state index contributed by atoms with van der Waals surface area (Å²) in [4.78, 5) is 17.7. The molecule has 1 N–H and O–H groups in total. The molecule has 0 aromatic carbocycles. The van der Waals surface area contributed by atoms with E-state index in [2.05, 4.69) is 9.88 Å². The van der Waals surface area contributed by atoms with Gasteiger partial charge in [0.2, 0.25) is 0 Å². The topological polar surface area (TPSA) is 36.1 Å². The van der Waals surface area contributed by atoms with Crippen LogP contribution in [0.5, 0.6) is 0 Å². The van der Waals surface area contributed by atoms with Gasteiger partial charge in [-0.2, -0.15) is 0 Å². The standard InChI is InChI=1S/C14H20N2O/c17-14(13-7-4-10-15-13)16(12-8-9-12)11-5-2-1-3-6-11/h4,7,10-12,15H,1-3,5-6,8-9H2. The number of rotatable bonds is 3. The normalized spacial score (nSPS) is 21.4. The van der Waals surface area contributed by atoms with Crippen LogP contribution in [-0.2, 0) is 0 Å². The van der Waals surface area contributed by atoms with Gasteiger partial charge in [0.25, 0.3) is 5.91 Å². The molecule has 0 radical (unpaired) electrons. The van der Waals surface area contributed by atoms with E-state index in [4.69, 9.17) is 0 Å². The second-order valence-electron chi connectivity index (χ2n) is 5.32. The molecule has 92 valence electrons. The fourth-order valence-electron chi connectivity index (χ4n) is 2.94. The molecule has 17 heavy (non-hydrogen) atoms. The van der Waals surface area contributed by atoms with Crippen LogP contribution in [0.4, 0.5) is 0 Å². The van der Waals surface area contributed by atoms with Crippen LogP contribution in [0, 0.1) is 0 Å². The van der Waals surface area contributed by atoms with Crippen LogP contribution in [0.25, 0.3) is 0 Å². The summed E-state index contributed by atoms with van der Waals surface area (Å²) in [7, 11) is 0. The highest BCUT2D eigenvalue weighted by Gasteiger charge is 2.38. The van der Waals surface area contributed by atoms with Gasteiger partial charge in [0.15, 0.2) is 0 Å². The molecule has 0 unspecified atom stereocenters. The van der Waals surface area contributed by atoms with Gasteiger partial charge >= 0.3 is 0 Å².